The van der Waals surface area contributed by atoms with E-state index in [2.05, 4.69) is 61.9 Å². The molecule has 1 aliphatic rings. The number of benzene rings is 1. The minimum atomic E-state index is 0.533. The van der Waals surface area contributed by atoms with Crippen molar-refractivity contribution in [3.63, 3.8) is 0 Å². The molecule has 0 saturated carbocycles. The fourth-order valence-electron chi connectivity index (χ4n) is 3.27. The largest absolute Gasteiger partial charge is 0.382 e. The minimum absolute atomic E-state index is 0.533. The second kappa shape index (κ2) is 7.44. The molecule has 1 aliphatic heterocycles. The topological polar surface area (TPSA) is 58.9 Å². The van der Waals surface area contributed by atoms with Gasteiger partial charge in [-0.15, -0.1) is 5.10 Å². The lowest BCUT2D eigenvalue weighted by Crippen LogP contribution is -2.38. The summed E-state index contributed by atoms with van der Waals surface area (Å²) < 4.78 is 1.77. The maximum Gasteiger partial charge on any atom is 0.0697 e. The summed E-state index contributed by atoms with van der Waals surface area (Å²) in [6.45, 7) is 3.26. The Bertz CT molecular complexity index is 761. The predicted octanol–water partition coefficient (Wildman–Crippen LogP) is 2.74. The molecule has 6 nitrogen and oxygen atoms in total. The molecule has 1 fully saturated rings. The van der Waals surface area contributed by atoms with Crippen LogP contribution >= 0.6 is 0 Å². The first kappa shape index (κ1) is 15.8. The summed E-state index contributed by atoms with van der Waals surface area (Å²) in [5, 5.41) is 11.5. The van der Waals surface area contributed by atoms with Crippen LogP contribution < -0.4 is 5.32 Å². The molecular formula is C19H22N6. The van der Waals surface area contributed by atoms with Crippen LogP contribution in [0.5, 0.6) is 0 Å². The molecule has 3 heterocycles. The van der Waals surface area contributed by atoms with Gasteiger partial charge in [-0.05, 0) is 54.8 Å². The molecule has 1 saturated heterocycles. The van der Waals surface area contributed by atoms with Crippen molar-refractivity contribution in [3.8, 4) is 5.69 Å². The van der Waals surface area contributed by atoms with Gasteiger partial charge in [-0.3, -0.25) is 9.88 Å². The Kier molecular flexibility index (Phi) is 4.70. The highest BCUT2D eigenvalue weighted by Crippen LogP contribution is 2.19. The SMILES string of the molecule is c1cc(CN2CCC(Nc3ccc(-n4ccnn4)cc3)CC2)ccn1. The van der Waals surface area contributed by atoms with E-state index in [0.717, 1.165) is 43.9 Å². The van der Waals surface area contributed by atoms with Crippen molar-refractivity contribution in [3.05, 3.63) is 66.7 Å². The van der Waals surface area contributed by atoms with Crippen molar-refractivity contribution in [1.82, 2.24) is 24.9 Å². The third kappa shape index (κ3) is 4.03. The second-order valence-electron chi connectivity index (χ2n) is 6.44. The van der Waals surface area contributed by atoms with Crippen LogP contribution in [0.25, 0.3) is 5.69 Å². The summed E-state index contributed by atoms with van der Waals surface area (Å²) in [6, 6.07) is 13.1. The van der Waals surface area contributed by atoms with Crippen LogP contribution in [0.4, 0.5) is 5.69 Å². The van der Waals surface area contributed by atoms with Crippen LogP contribution in [0.1, 0.15) is 18.4 Å². The maximum absolute atomic E-state index is 4.08. The van der Waals surface area contributed by atoms with Gasteiger partial charge < -0.3 is 5.32 Å². The lowest BCUT2D eigenvalue weighted by atomic mass is 10.0. The number of hydrogen-bond donors (Lipinski definition) is 1. The van der Waals surface area contributed by atoms with Crippen molar-refractivity contribution < 1.29 is 0 Å². The second-order valence-corrected chi connectivity index (χ2v) is 6.44. The zero-order valence-electron chi connectivity index (χ0n) is 14.1. The number of rotatable bonds is 5. The Morgan fingerprint density at radius 2 is 1.72 bits per heavy atom. The van der Waals surface area contributed by atoms with Crippen LogP contribution in [0.2, 0.25) is 0 Å². The monoisotopic (exact) mass is 334 g/mol. The van der Waals surface area contributed by atoms with E-state index >= 15 is 0 Å². The maximum atomic E-state index is 4.08. The first-order chi connectivity index (χ1) is 12.4. The average Bonchev–Trinajstić information content (AvgIpc) is 3.20. The molecule has 6 heteroatoms. The Labute approximate surface area is 147 Å². The van der Waals surface area contributed by atoms with Gasteiger partial charge in [0.2, 0.25) is 0 Å². The molecular weight excluding hydrogens is 312 g/mol. The van der Waals surface area contributed by atoms with Gasteiger partial charge in [0, 0.05) is 43.8 Å². The fourth-order valence-corrected chi connectivity index (χ4v) is 3.27. The van der Waals surface area contributed by atoms with Crippen molar-refractivity contribution >= 4 is 5.69 Å². The molecule has 3 aromatic rings. The van der Waals surface area contributed by atoms with Gasteiger partial charge in [0.05, 0.1) is 18.1 Å². The van der Waals surface area contributed by atoms with E-state index in [-0.39, 0.29) is 0 Å². The summed E-state index contributed by atoms with van der Waals surface area (Å²) in [6.07, 6.45) is 9.60. The molecule has 0 bridgehead atoms. The first-order valence-electron chi connectivity index (χ1n) is 8.71. The van der Waals surface area contributed by atoms with Gasteiger partial charge in [-0.1, -0.05) is 5.21 Å². The van der Waals surface area contributed by atoms with Crippen molar-refractivity contribution in [2.75, 3.05) is 18.4 Å². The number of hydrogen-bond acceptors (Lipinski definition) is 5. The van der Waals surface area contributed by atoms with Gasteiger partial charge in [-0.25, -0.2) is 4.68 Å². The Hall–Kier alpha value is -2.73. The van der Waals surface area contributed by atoms with Crippen molar-refractivity contribution in [1.29, 1.82) is 0 Å². The first-order valence-corrected chi connectivity index (χ1v) is 8.71. The number of nitrogens with one attached hydrogen (secondary N) is 1. The van der Waals surface area contributed by atoms with E-state index in [0.29, 0.717) is 6.04 Å². The van der Waals surface area contributed by atoms with Crippen LogP contribution in [0.15, 0.2) is 61.2 Å². The highest BCUT2D eigenvalue weighted by molar-refractivity contribution is 5.49. The lowest BCUT2D eigenvalue weighted by Gasteiger charge is -2.32. The lowest BCUT2D eigenvalue weighted by molar-refractivity contribution is 0.211. The molecule has 1 aromatic carbocycles. The standard InChI is InChI=1S/C19H22N6/c1-3-19(25-14-11-21-23-25)4-2-17(1)22-18-7-12-24(13-8-18)15-16-5-9-20-10-6-16/h1-6,9-11,14,18,22H,7-8,12-13,15H2. The molecule has 0 radical (unpaired) electrons. The van der Waals surface area contributed by atoms with Crippen molar-refractivity contribution in [2.45, 2.75) is 25.4 Å². The molecule has 0 aliphatic carbocycles. The van der Waals surface area contributed by atoms with Crippen molar-refractivity contribution in [2.24, 2.45) is 0 Å². The molecule has 25 heavy (non-hydrogen) atoms. The van der Waals surface area contributed by atoms with Gasteiger partial charge >= 0.3 is 0 Å². The third-order valence-electron chi connectivity index (χ3n) is 4.67. The molecule has 128 valence electrons. The van der Waals surface area contributed by atoms with E-state index in [9.17, 15) is 0 Å². The number of aromatic nitrogens is 4. The summed E-state index contributed by atoms with van der Waals surface area (Å²) in [5.74, 6) is 0. The van der Waals surface area contributed by atoms with E-state index in [1.165, 1.54) is 5.56 Å². The zero-order valence-corrected chi connectivity index (χ0v) is 14.1. The third-order valence-corrected chi connectivity index (χ3v) is 4.67. The van der Waals surface area contributed by atoms with E-state index in [1.54, 1.807) is 10.9 Å². The van der Waals surface area contributed by atoms with E-state index < -0.39 is 0 Å². The summed E-state index contributed by atoms with van der Waals surface area (Å²) in [4.78, 5) is 6.60. The van der Waals surface area contributed by atoms with Gasteiger partial charge in [0.25, 0.3) is 0 Å². The number of likely N-dealkylation sites (tertiary alicyclic amines) is 1. The van der Waals surface area contributed by atoms with Gasteiger partial charge in [-0.2, -0.15) is 0 Å². The minimum Gasteiger partial charge on any atom is -0.382 e. The number of piperidine rings is 1. The molecule has 2 aromatic heterocycles. The number of anilines is 1. The molecule has 0 spiro atoms. The molecule has 0 unspecified atom stereocenters. The fraction of sp³-hybridized carbons (Fsp3) is 0.316. The van der Waals surface area contributed by atoms with E-state index in [4.69, 9.17) is 0 Å². The Balaban J connectivity index is 1.28. The molecule has 0 amide bonds. The average molecular weight is 334 g/mol. The summed E-state index contributed by atoms with van der Waals surface area (Å²) >= 11 is 0. The smallest absolute Gasteiger partial charge is 0.0697 e. The van der Waals surface area contributed by atoms with Crippen LogP contribution in [-0.2, 0) is 6.54 Å². The predicted molar refractivity (Wildman–Crippen MR) is 97.5 cm³/mol. The quantitative estimate of drug-likeness (QED) is 0.777. The van der Waals surface area contributed by atoms with Crippen LogP contribution in [-0.4, -0.2) is 44.0 Å². The molecule has 0 atom stereocenters. The highest BCUT2D eigenvalue weighted by Gasteiger charge is 2.19. The zero-order chi connectivity index (χ0) is 16.9. The number of pyridine rings is 1. The highest BCUT2D eigenvalue weighted by atomic mass is 15.4. The Morgan fingerprint density at radius 1 is 0.960 bits per heavy atom. The molecule has 4 rings (SSSR count). The number of nitrogens with zero attached hydrogens (tertiary/aromatic N) is 5. The van der Waals surface area contributed by atoms with Gasteiger partial charge in [0.1, 0.15) is 0 Å². The Morgan fingerprint density at radius 3 is 2.40 bits per heavy atom. The van der Waals surface area contributed by atoms with Crippen LogP contribution in [0.3, 0.4) is 0 Å². The van der Waals surface area contributed by atoms with Crippen LogP contribution in [0, 0.1) is 0 Å². The van der Waals surface area contributed by atoms with E-state index in [1.807, 2.05) is 18.6 Å². The molecule has 1 N–H and O–H groups in total. The van der Waals surface area contributed by atoms with Gasteiger partial charge in [0.15, 0.2) is 0 Å². The normalized spacial score (nSPS) is 16.0. The summed E-state index contributed by atoms with van der Waals surface area (Å²) in [5.41, 5.74) is 3.52. The summed E-state index contributed by atoms with van der Waals surface area (Å²) in [7, 11) is 0.